The van der Waals surface area contributed by atoms with Crippen LogP contribution in [0.15, 0.2) is 42.5 Å². The number of halogens is 2. The topological polar surface area (TPSA) is 55.1 Å². The molecule has 0 heterocycles. The normalized spacial score (nSPS) is 12.0. The van der Waals surface area contributed by atoms with Gasteiger partial charge in [-0.2, -0.15) is 0 Å². The van der Waals surface area contributed by atoms with Crippen LogP contribution < -0.4 is 11.1 Å². The zero-order chi connectivity index (χ0) is 16.8. The molecule has 3 N–H and O–H groups in total. The molecule has 0 saturated carbocycles. The van der Waals surface area contributed by atoms with Crippen LogP contribution in [0.1, 0.15) is 30.4 Å². The summed E-state index contributed by atoms with van der Waals surface area (Å²) in [5, 5.41) is 4.17. The van der Waals surface area contributed by atoms with E-state index in [0.29, 0.717) is 29.4 Å². The molecular formula is C18H20Cl2N2O. The molecular weight excluding hydrogens is 331 g/mol. The van der Waals surface area contributed by atoms with Crippen molar-refractivity contribution in [3.8, 4) is 0 Å². The van der Waals surface area contributed by atoms with E-state index in [1.165, 1.54) is 0 Å². The first-order valence-corrected chi connectivity index (χ1v) is 8.28. The summed E-state index contributed by atoms with van der Waals surface area (Å²) in [4.78, 5) is 12.0. The van der Waals surface area contributed by atoms with E-state index in [9.17, 15) is 4.79 Å². The molecule has 1 unspecified atom stereocenters. The van der Waals surface area contributed by atoms with Gasteiger partial charge >= 0.3 is 0 Å². The van der Waals surface area contributed by atoms with Crippen molar-refractivity contribution in [1.29, 1.82) is 0 Å². The Bertz CT molecular complexity index is 668. The SMILES string of the molecule is CC(CNC(=O)CCc1ccccc1N)c1c(Cl)cccc1Cl. The Morgan fingerprint density at radius 3 is 2.43 bits per heavy atom. The molecule has 0 saturated heterocycles. The molecule has 2 rings (SSSR count). The molecule has 122 valence electrons. The van der Waals surface area contributed by atoms with Gasteiger partial charge < -0.3 is 11.1 Å². The van der Waals surface area contributed by atoms with E-state index in [4.69, 9.17) is 28.9 Å². The lowest BCUT2D eigenvalue weighted by molar-refractivity contribution is -0.121. The average Bonchev–Trinajstić information content (AvgIpc) is 2.52. The third-order valence-corrected chi connectivity index (χ3v) is 4.43. The maximum atomic E-state index is 12.0. The zero-order valence-electron chi connectivity index (χ0n) is 13.0. The number of carbonyl (C=O) groups excluding carboxylic acids is 1. The molecule has 0 bridgehead atoms. The monoisotopic (exact) mass is 350 g/mol. The van der Waals surface area contributed by atoms with E-state index >= 15 is 0 Å². The second kappa shape index (κ2) is 8.23. The van der Waals surface area contributed by atoms with Gasteiger partial charge in [-0.3, -0.25) is 4.79 Å². The van der Waals surface area contributed by atoms with E-state index in [-0.39, 0.29) is 11.8 Å². The summed E-state index contributed by atoms with van der Waals surface area (Å²) in [6, 6.07) is 13.0. The first-order valence-electron chi connectivity index (χ1n) is 7.53. The minimum Gasteiger partial charge on any atom is -0.399 e. The lowest BCUT2D eigenvalue weighted by Gasteiger charge is -2.16. The number of aryl methyl sites for hydroxylation is 1. The van der Waals surface area contributed by atoms with Gasteiger partial charge in [0.15, 0.2) is 0 Å². The summed E-state index contributed by atoms with van der Waals surface area (Å²) >= 11 is 12.4. The molecule has 23 heavy (non-hydrogen) atoms. The Morgan fingerprint density at radius 1 is 1.13 bits per heavy atom. The first kappa shape index (κ1) is 17.6. The predicted octanol–water partition coefficient (Wildman–Crippen LogP) is 4.43. The lowest BCUT2D eigenvalue weighted by Crippen LogP contribution is -2.28. The molecule has 0 radical (unpaired) electrons. The molecule has 0 aliphatic carbocycles. The van der Waals surface area contributed by atoms with Gasteiger partial charge in [-0.15, -0.1) is 0 Å². The van der Waals surface area contributed by atoms with Crippen LogP contribution in [0, 0.1) is 0 Å². The van der Waals surface area contributed by atoms with E-state index in [1.54, 1.807) is 12.1 Å². The third kappa shape index (κ3) is 4.88. The number of hydrogen-bond donors (Lipinski definition) is 2. The molecule has 3 nitrogen and oxygen atoms in total. The van der Waals surface area contributed by atoms with Crippen molar-refractivity contribution >= 4 is 34.8 Å². The van der Waals surface area contributed by atoms with Crippen molar-refractivity contribution in [2.45, 2.75) is 25.7 Å². The lowest BCUT2D eigenvalue weighted by atomic mass is 10.0. The summed E-state index contributed by atoms with van der Waals surface area (Å²) < 4.78 is 0. The van der Waals surface area contributed by atoms with Crippen LogP contribution >= 0.6 is 23.2 Å². The van der Waals surface area contributed by atoms with Crippen LogP contribution in [0.4, 0.5) is 5.69 Å². The van der Waals surface area contributed by atoms with Gasteiger partial charge in [0.1, 0.15) is 0 Å². The molecule has 0 spiro atoms. The van der Waals surface area contributed by atoms with Crippen LogP contribution in [0.2, 0.25) is 10.0 Å². The van der Waals surface area contributed by atoms with Crippen molar-refractivity contribution in [2.75, 3.05) is 12.3 Å². The van der Waals surface area contributed by atoms with E-state index in [0.717, 1.165) is 16.8 Å². The number of nitrogens with two attached hydrogens (primary N) is 1. The molecule has 2 aromatic rings. The van der Waals surface area contributed by atoms with Gasteiger partial charge in [0.2, 0.25) is 5.91 Å². The number of carbonyl (C=O) groups is 1. The number of para-hydroxylation sites is 1. The largest absolute Gasteiger partial charge is 0.399 e. The highest BCUT2D eigenvalue weighted by molar-refractivity contribution is 6.36. The van der Waals surface area contributed by atoms with Crippen LogP contribution in [-0.2, 0) is 11.2 Å². The maximum absolute atomic E-state index is 12.0. The van der Waals surface area contributed by atoms with Crippen LogP contribution in [-0.4, -0.2) is 12.5 Å². The minimum atomic E-state index is -0.0109. The van der Waals surface area contributed by atoms with Gasteiger partial charge in [-0.05, 0) is 35.7 Å². The first-order chi connectivity index (χ1) is 11.0. The summed E-state index contributed by atoms with van der Waals surface area (Å²) in [5.41, 5.74) is 8.45. The Morgan fingerprint density at radius 2 is 1.78 bits per heavy atom. The van der Waals surface area contributed by atoms with Crippen LogP contribution in [0.5, 0.6) is 0 Å². The second-order valence-corrected chi connectivity index (χ2v) is 6.35. The van der Waals surface area contributed by atoms with Crippen molar-refractivity contribution in [3.05, 3.63) is 63.6 Å². The number of nitrogen functional groups attached to an aromatic ring is 1. The van der Waals surface area contributed by atoms with Crippen molar-refractivity contribution in [1.82, 2.24) is 5.32 Å². The van der Waals surface area contributed by atoms with Crippen molar-refractivity contribution in [2.24, 2.45) is 0 Å². The molecule has 0 aromatic heterocycles. The zero-order valence-corrected chi connectivity index (χ0v) is 14.5. The number of rotatable bonds is 6. The summed E-state index contributed by atoms with van der Waals surface area (Å²) in [6.45, 7) is 2.48. The van der Waals surface area contributed by atoms with Crippen molar-refractivity contribution in [3.63, 3.8) is 0 Å². The minimum absolute atomic E-state index is 0.0109. The maximum Gasteiger partial charge on any atom is 0.220 e. The third-order valence-electron chi connectivity index (χ3n) is 3.77. The fraction of sp³-hybridized carbons (Fsp3) is 0.278. The Kier molecular flexibility index (Phi) is 6.31. The molecule has 0 fully saturated rings. The Hall–Kier alpha value is -1.71. The molecule has 1 atom stereocenters. The van der Waals surface area contributed by atoms with E-state index < -0.39 is 0 Å². The van der Waals surface area contributed by atoms with Gasteiger partial charge in [-0.1, -0.05) is 54.4 Å². The summed E-state index contributed by atoms with van der Waals surface area (Å²) in [7, 11) is 0. The van der Waals surface area contributed by atoms with E-state index in [1.807, 2.05) is 37.3 Å². The average molecular weight is 351 g/mol. The smallest absolute Gasteiger partial charge is 0.220 e. The number of anilines is 1. The Balaban J connectivity index is 1.86. The molecule has 5 heteroatoms. The number of hydrogen-bond acceptors (Lipinski definition) is 2. The molecule has 0 aliphatic rings. The summed E-state index contributed by atoms with van der Waals surface area (Å²) in [6.07, 6.45) is 1.02. The molecule has 2 aromatic carbocycles. The highest BCUT2D eigenvalue weighted by atomic mass is 35.5. The predicted molar refractivity (Wildman–Crippen MR) is 97.1 cm³/mol. The quantitative estimate of drug-likeness (QED) is 0.757. The number of amides is 1. The van der Waals surface area contributed by atoms with Crippen molar-refractivity contribution < 1.29 is 4.79 Å². The highest BCUT2D eigenvalue weighted by Gasteiger charge is 2.14. The fourth-order valence-electron chi connectivity index (χ4n) is 2.45. The second-order valence-electron chi connectivity index (χ2n) is 5.54. The standard InChI is InChI=1S/C18H20Cl2N2O/c1-12(18-14(19)6-4-7-15(18)20)11-22-17(23)10-9-13-5-2-3-8-16(13)21/h2-8,12H,9-11,21H2,1H3,(H,22,23). The number of nitrogens with one attached hydrogen (secondary N) is 1. The number of benzene rings is 2. The molecule has 1 amide bonds. The van der Waals surface area contributed by atoms with Gasteiger partial charge in [0.05, 0.1) is 0 Å². The highest BCUT2D eigenvalue weighted by Crippen LogP contribution is 2.30. The summed E-state index contributed by atoms with van der Waals surface area (Å²) in [5.74, 6) is 0.0326. The van der Waals surface area contributed by atoms with E-state index in [2.05, 4.69) is 5.32 Å². The Labute approximate surface area is 146 Å². The van der Waals surface area contributed by atoms with Gasteiger partial charge in [0.25, 0.3) is 0 Å². The molecule has 0 aliphatic heterocycles. The van der Waals surface area contributed by atoms with Crippen LogP contribution in [0.3, 0.4) is 0 Å². The van der Waals surface area contributed by atoms with Gasteiger partial charge in [0, 0.05) is 34.6 Å². The van der Waals surface area contributed by atoms with Gasteiger partial charge in [-0.25, -0.2) is 0 Å². The van der Waals surface area contributed by atoms with Crippen LogP contribution in [0.25, 0.3) is 0 Å². The fourth-order valence-corrected chi connectivity index (χ4v) is 3.22.